The van der Waals surface area contributed by atoms with E-state index in [-0.39, 0.29) is 12.5 Å². The van der Waals surface area contributed by atoms with Gasteiger partial charge in [0.05, 0.1) is 13.0 Å². The molecule has 0 aliphatic heterocycles. The van der Waals surface area contributed by atoms with E-state index in [0.717, 1.165) is 17.7 Å². The third kappa shape index (κ3) is 3.39. The summed E-state index contributed by atoms with van der Waals surface area (Å²) in [5.74, 6) is -0.286. The van der Waals surface area contributed by atoms with Gasteiger partial charge in [-0.25, -0.2) is 8.78 Å². The second-order valence-corrected chi connectivity index (χ2v) is 4.41. The molecule has 0 amide bonds. The molecule has 5 heteroatoms. The third-order valence-electron chi connectivity index (χ3n) is 2.80. The number of ether oxygens (including phenoxy) is 2. The van der Waals surface area contributed by atoms with Crippen molar-refractivity contribution in [3.05, 3.63) is 59.2 Å². The molecule has 20 heavy (non-hydrogen) atoms. The lowest BCUT2D eigenvalue weighted by molar-refractivity contribution is 0.300. The Morgan fingerprint density at radius 1 is 1.05 bits per heavy atom. The van der Waals surface area contributed by atoms with E-state index in [0.29, 0.717) is 17.1 Å². The minimum absolute atomic E-state index is 0.119. The average molecular weight is 299 g/mol. The van der Waals surface area contributed by atoms with Crippen LogP contribution in [0.5, 0.6) is 11.5 Å². The van der Waals surface area contributed by atoms with Gasteiger partial charge in [0.15, 0.2) is 11.6 Å². The maximum Gasteiger partial charge on any atom is 0.159 e. The van der Waals surface area contributed by atoms with Crippen LogP contribution in [0.3, 0.4) is 0 Å². The molecular weight excluding hydrogens is 286 g/mol. The fourth-order valence-electron chi connectivity index (χ4n) is 1.70. The molecule has 2 rings (SSSR count). The van der Waals surface area contributed by atoms with Crippen molar-refractivity contribution in [3.8, 4) is 11.5 Å². The zero-order chi connectivity index (χ0) is 14.5. The zero-order valence-corrected chi connectivity index (χ0v) is 11.6. The van der Waals surface area contributed by atoms with E-state index in [9.17, 15) is 8.78 Å². The maximum absolute atomic E-state index is 13.1. The van der Waals surface area contributed by atoms with E-state index in [1.165, 1.54) is 6.07 Å². The Kier molecular flexibility index (Phi) is 4.79. The number of methoxy groups -OCH3 is 1. The summed E-state index contributed by atoms with van der Waals surface area (Å²) in [6.45, 7) is 0.119. The van der Waals surface area contributed by atoms with Gasteiger partial charge < -0.3 is 9.47 Å². The number of hydrogen-bond donors (Lipinski definition) is 0. The first kappa shape index (κ1) is 14.6. The predicted molar refractivity (Wildman–Crippen MR) is 73.2 cm³/mol. The van der Waals surface area contributed by atoms with E-state index < -0.39 is 11.6 Å². The quantitative estimate of drug-likeness (QED) is 0.767. The summed E-state index contributed by atoms with van der Waals surface area (Å²) in [5.41, 5.74) is 1.34. The molecule has 0 unspecified atom stereocenters. The van der Waals surface area contributed by atoms with E-state index in [4.69, 9.17) is 21.1 Å². The van der Waals surface area contributed by atoms with Crippen molar-refractivity contribution in [2.24, 2.45) is 0 Å². The second-order valence-electron chi connectivity index (χ2n) is 4.14. The topological polar surface area (TPSA) is 18.5 Å². The first-order valence-corrected chi connectivity index (χ1v) is 6.47. The SMILES string of the molecule is COc1ccc(CCl)c(OCc2ccc(F)c(F)c2)c1. The third-order valence-corrected chi connectivity index (χ3v) is 3.08. The largest absolute Gasteiger partial charge is 0.497 e. The molecule has 0 aliphatic carbocycles. The summed E-state index contributed by atoms with van der Waals surface area (Å²) < 4.78 is 36.6. The van der Waals surface area contributed by atoms with Gasteiger partial charge in [0.2, 0.25) is 0 Å². The summed E-state index contributed by atoms with van der Waals surface area (Å²) in [7, 11) is 1.55. The van der Waals surface area contributed by atoms with Crippen LogP contribution in [0.1, 0.15) is 11.1 Å². The summed E-state index contributed by atoms with van der Waals surface area (Å²) >= 11 is 5.82. The minimum Gasteiger partial charge on any atom is -0.497 e. The number of halogens is 3. The molecule has 0 aromatic heterocycles. The number of hydrogen-bond acceptors (Lipinski definition) is 2. The van der Waals surface area contributed by atoms with Crippen LogP contribution < -0.4 is 9.47 Å². The molecule has 0 saturated heterocycles. The van der Waals surface area contributed by atoms with Crippen molar-refractivity contribution in [2.45, 2.75) is 12.5 Å². The molecule has 106 valence electrons. The molecular formula is C15H13ClF2O2. The van der Waals surface area contributed by atoms with Crippen LogP contribution in [-0.4, -0.2) is 7.11 Å². The maximum atomic E-state index is 13.1. The molecule has 0 bridgehead atoms. The van der Waals surface area contributed by atoms with Gasteiger partial charge in [-0.3, -0.25) is 0 Å². The van der Waals surface area contributed by atoms with Gasteiger partial charge in [-0.05, 0) is 23.8 Å². The van der Waals surface area contributed by atoms with E-state index in [2.05, 4.69) is 0 Å². The highest BCUT2D eigenvalue weighted by Gasteiger charge is 2.07. The summed E-state index contributed by atoms with van der Waals surface area (Å²) in [4.78, 5) is 0. The van der Waals surface area contributed by atoms with Crippen molar-refractivity contribution < 1.29 is 18.3 Å². The fraction of sp³-hybridized carbons (Fsp3) is 0.200. The smallest absolute Gasteiger partial charge is 0.159 e. The molecule has 0 spiro atoms. The summed E-state index contributed by atoms with van der Waals surface area (Å²) in [5, 5.41) is 0. The Morgan fingerprint density at radius 3 is 2.50 bits per heavy atom. The zero-order valence-electron chi connectivity index (χ0n) is 10.8. The van der Waals surface area contributed by atoms with Gasteiger partial charge in [0, 0.05) is 11.6 Å². The normalized spacial score (nSPS) is 10.4. The van der Waals surface area contributed by atoms with Crippen molar-refractivity contribution in [1.82, 2.24) is 0 Å². The Bertz CT molecular complexity index is 602. The molecule has 2 nitrogen and oxygen atoms in total. The first-order valence-electron chi connectivity index (χ1n) is 5.93. The molecule has 0 atom stereocenters. The monoisotopic (exact) mass is 298 g/mol. The van der Waals surface area contributed by atoms with Crippen LogP contribution in [0.15, 0.2) is 36.4 Å². The predicted octanol–water partition coefficient (Wildman–Crippen LogP) is 4.29. The Labute approximate surface area is 120 Å². The van der Waals surface area contributed by atoms with Gasteiger partial charge in [-0.2, -0.15) is 0 Å². The van der Waals surface area contributed by atoms with Gasteiger partial charge in [-0.15, -0.1) is 11.6 Å². The first-order chi connectivity index (χ1) is 9.63. The van der Waals surface area contributed by atoms with Crippen LogP contribution in [0.2, 0.25) is 0 Å². The van der Waals surface area contributed by atoms with Crippen LogP contribution >= 0.6 is 11.6 Å². The number of rotatable bonds is 5. The molecule has 0 saturated carbocycles. The van der Waals surface area contributed by atoms with Crippen molar-refractivity contribution >= 4 is 11.6 Å². The summed E-state index contributed by atoms with van der Waals surface area (Å²) in [6, 6.07) is 8.93. The second kappa shape index (κ2) is 6.57. The Balaban J connectivity index is 2.15. The van der Waals surface area contributed by atoms with E-state index >= 15 is 0 Å². The number of alkyl halides is 1. The van der Waals surface area contributed by atoms with Crippen LogP contribution in [0.25, 0.3) is 0 Å². The average Bonchev–Trinajstić information content (AvgIpc) is 2.48. The number of benzene rings is 2. The van der Waals surface area contributed by atoms with Crippen LogP contribution in [-0.2, 0) is 12.5 Å². The van der Waals surface area contributed by atoms with Crippen molar-refractivity contribution in [3.63, 3.8) is 0 Å². The fourth-order valence-corrected chi connectivity index (χ4v) is 1.92. The summed E-state index contributed by atoms with van der Waals surface area (Å²) in [6.07, 6.45) is 0. The van der Waals surface area contributed by atoms with E-state index in [1.54, 1.807) is 25.3 Å². The van der Waals surface area contributed by atoms with Crippen LogP contribution in [0, 0.1) is 11.6 Å². The molecule has 2 aromatic carbocycles. The van der Waals surface area contributed by atoms with Crippen LogP contribution in [0.4, 0.5) is 8.78 Å². The molecule has 0 fully saturated rings. The minimum atomic E-state index is -0.894. The molecule has 0 radical (unpaired) electrons. The van der Waals surface area contributed by atoms with Gasteiger partial charge in [0.25, 0.3) is 0 Å². The Morgan fingerprint density at radius 2 is 1.85 bits per heavy atom. The lowest BCUT2D eigenvalue weighted by atomic mass is 10.2. The molecule has 0 heterocycles. The highest BCUT2D eigenvalue weighted by Crippen LogP contribution is 2.27. The van der Waals surface area contributed by atoms with E-state index in [1.807, 2.05) is 0 Å². The lowest BCUT2D eigenvalue weighted by Crippen LogP contribution is -1.99. The highest BCUT2D eigenvalue weighted by molar-refractivity contribution is 6.17. The molecule has 0 N–H and O–H groups in total. The van der Waals surface area contributed by atoms with Gasteiger partial charge in [-0.1, -0.05) is 12.1 Å². The molecule has 2 aromatic rings. The standard InChI is InChI=1S/C15H13ClF2O2/c1-19-12-4-3-11(8-16)15(7-12)20-9-10-2-5-13(17)14(18)6-10/h2-7H,8-9H2,1H3. The van der Waals surface area contributed by atoms with Gasteiger partial charge in [0.1, 0.15) is 18.1 Å². The lowest BCUT2D eigenvalue weighted by Gasteiger charge is -2.11. The van der Waals surface area contributed by atoms with Gasteiger partial charge >= 0.3 is 0 Å². The van der Waals surface area contributed by atoms with Crippen molar-refractivity contribution in [2.75, 3.05) is 7.11 Å². The highest BCUT2D eigenvalue weighted by atomic mass is 35.5. The molecule has 0 aliphatic rings. The van der Waals surface area contributed by atoms with Crippen molar-refractivity contribution in [1.29, 1.82) is 0 Å². The Hall–Kier alpha value is -1.81.